The van der Waals surface area contributed by atoms with E-state index in [4.69, 9.17) is 9.15 Å². The van der Waals surface area contributed by atoms with Crippen LogP contribution in [0.3, 0.4) is 0 Å². The van der Waals surface area contributed by atoms with Crippen molar-refractivity contribution < 1.29 is 33.4 Å². The summed E-state index contributed by atoms with van der Waals surface area (Å²) in [6.45, 7) is 0.196. The summed E-state index contributed by atoms with van der Waals surface area (Å²) < 4.78 is 11.2. The molecule has 3 aromatic rings. The van der Waals surface area contributed by atoms with Gasteiger partial charge in [-0.25, -0.2) is 9.78 Å². The van der Waals surface area contributed by atoms with Crippen molar-refractivity contribution in [1.82, 2.24) is 20.5 Å². The molecule has 36 heavy (non-hydrogen) atoms. The number of aliphatic hydroxyl groups is 1. The van der Waals surface area contributed by atoms with E-state index in [9.17, 15) is 24.3 Å². The van der Waals surface area contributed by atoms with Gasteiger partial charge in [0.05, 0.1) is 32.7 Å². The van der Waals surface area contributed by atoms with Gasteiger partial charge in [-0.05, 0) is 29.8 Å². The Hall–Kier alpha value is -4.45. The number of hydrogen-bond acceptors (Lipinski definition) is 8. The quantitative estimate of drug-likeness (QED) is 0.439. The molecule has 3 aliphatic heterocycles. The fraction of sp³-hybridized carbons (Fsp3) is 0.292. The molecule has 3 N–H and O–H groups in total. The van der Waals surface area contributed by atoms with E-state index < -0.39 is 23.6 Å². The number of methoxy groups -OCH3 is 1. The van der Waals surface area contributed by atoms with E-state index in [0.29, 0.717) is 28.2 Å². The summed E-state index contributed by atoms with van der Waals surface area (Å²) in [5, 5.41) is 14.7. The molecule has 2 saturated heterocycles. The Morgan fingerprint density at radius 3 is 2.72 bits per heavy atom. The second-order valence-corrected chi connectivity index (χ2v) is 9.02. The molecular formula is C24H21N5O7. The number of aromatic nitrogens is 1. The molecule has 5 heterocycles. The molecule has 0 saturated carbocycles. The summed E-state index contributed by atoms with van der Waals surface area (Å²) in [7, 11) is 1.51. The highest BCUT2D eigenvalue weighted by atomic mass is 16.5. The van der Waals surface area contributed by atoms with Crippen LogP contribution in [-0.4, -0.2) is 65.0 Å². The fourth-order valence-electron chi connectivity index (χ4n) is 4.92. The number of aliphatic hydroxyl groups excluding tert-OH is 1. The van der Waals surface area contributed by atoms with Gasteiger partial charge >= 0.3 is 6.03 Å². The van der Waals surface area contributed by atoms with Crippen LogP contribution in [0.1, 0.15) is 28.1 Å². The number of β-amino-alcohol motifs (C(OH)–C–C–N with tert-alkyl or cyclic N) is 1. The van der Waals surface area contributed by atoms with E-state index in [1.54, 1.807) is 30.3 Å². The zero-order chi connectivity index (χ0) is 25.2. The second kappa shape index (κ2) is 7.78. The Labute approximate surface area is 203 Å². The van der Waals surface area contributed by atoms with Crippen LogP contribution < -0.4 is 20.3 Å². The number of nitrogens with zero attached hydrogens (tertiary/aromatic N) is 3. The summed E-state index contributed by atoms with van der Waals surface area (Å²) in [4.78, 5) is 58.0. The molecule has 3 aliphatic rings. The topological polar surface area (TPSA) is 154 Å². The van der Waals surface area contributed by atoms with Crippen molar-refractivity contribution in [3.8, 4) is 5.75 Å². The van der Waals surface area contributed by atoms with Gasteiger partial charge in [0.1, 0.15) is 22.8 Å². The zero-order valence-corrected chi connectivity index (χ0v) is 19.1. The van der Waals surface area contributed by atoms with Crippen molar-refractivity contribution in [3.63, 3.8) is 0 Å². The molecule has 1 aromatic carbocycles. The third kappa shape index (κ3) is 3.29. The lowest BCUT2D eigenvalue weighted by molar-refractivity contribution is -0.125. The molecule has 2 fully saturated rings. The van der Waals surface area contributed by atoms with Gasteiger partial charge in [-0.1, -0.05) is 6.07 Å². The number of ether oxygens (including phenoxy) is 1. The number of urea groups is 1. The molecule has 0 aliphatic carbocycles. The summed E-state index contributed by atoms with van der Waals surface area (Å²) in [5.74, 6) is -0.246. The van der Waals surface area contributed by atoms with Crippen LogP contribution in [0.4, 0.5) is 10.6 Å². The maximum atomic E-state index is 13.2. The molecule has 12 nitrogen and oxygen atoms in total. The predicted molar refractivity (Wildman–Crippen MR) is 123 cm³/mol. The number of imide groups is 1. The fourth-order valence-corrected chi connectivity index (χ4v) is 4.92. The van der Waals surface area contributed by atoms with Crippen molar-refractivity contribution in [3.05, 3.63) is 53.3 Å². The van der Waals surface area contributed by atoms with E-state index in [0.717, 1.165) is 5.56 Å². The number of furan rings is 1. The van der Waals surface area contributed by atoms with Gasteiger partial charge in [-0.2, -0.15) is 0 Å². The van der Waals surface area contributed by atoms with Crippen molar-refractivity contribution in [2.45, 2.75) is 24.6 Å². The van der Waals surface area contributed by atoms with Crippen LogP contribution in [0, 0.1) is 0 Å². The van der Waals surface area contributed by atoms with Gasteiger partial charge in [0.2, 0.25) is 5.91 Å². The lowest BCUT2D eigenvalue weighted by atomic mass is 9.95. The first kappa shape index (κ1) is 22.0. The highest BCUT2D eigenvalue weighted by molar-refractivity contribution is 6.08. The maximum absolute atomic E-state index is 13.2. The summed E-state index contributed by atoms with van der Waals surface area (Å²) in [6, 6.07) is 9.16. The molecule has 12 heteroatoms. The Kier molecular flexibility index (Phi) is 4.76. The summed E-state index contributed by atoms with van der Waals surface area (Å²) in [6.07, 6.45) is -0.748. The first-order valence-corrected chi connectivity index (χ1v) is 11.3. The smallest absolute Gasteiger partial charge is 0.322 e. The number of pyridine rings is 1. The van der Waals surface area contributed by atoms with Crippen LogP contribution in [-0.2, 0) is 21.7 Å². The molecule has 2 atom stereocenters. The average molecular weight is 491 g/mol. The van der Waals surface area contributed by atoms with E-state index in [2.05, 4.69) is 15.6 Å². The average Bonchev–Trinajstić information content (AvgIpc) is 3.58. The van der Waals surface area contributed by atoms with Crippen LogP contribution in [0.2, 0.25) is 0 Å². The molecule has 0 bridgehead atoms. The van der Waals surface area contributed by atoms with Gasteiger partial charge in [0.25, 0.3) is 11.8 Å². The van der Waals surface area contributed by atoms with Gasteiger partial charge in [0.15, 0.2) is 11.1 Å². The Balaban J connectivity index is 1.36. The van der Waals surface area contributed by atoms with Crippen LogP contribution >= 0.6 is 0 Å². The molecule has 0 radical (unpaired) electrons. The molecule has 0 spiro atoms. The minimum absolute atomic E-state index is 0.0177. The van der Waals surface area contributed by atoms with E-state index in [1.165, 1.54) is 23.0 Å². The van der Waals surface area contributed by atoms with Gasteiger partial charge in [-0.15, -0.1) is 0 Å². The molecular weight excluding hydrogens is 470 g/mol. The van der Waals surface area contributed by atoms with Gasteiger partial charge < -0.3 is 24.5 Å². The largest absolute Gasteiger partial charge is 0.497 e. The zero-order valence-electron chi connectivity index (χ0n) is 19.1. The second-order valence-electron chi connectivity index (χ2n) is 9.02. The van der Waals surface area contributed by atoms with Crippen molar-refractivity contribution in [1.29, 1.82) is 0 Å². The Bertz CT molecular complexity index is 1470. The third-order valence-electron chi connectivity index (χ3n) is 6.73. The number of fused-ring (bicyclic) bond motifs is 2. The third-order valence-corrected chi connectivity index (χ3v) is 6.73. The van der Waals surface area contributed by atoms with E-state index >= 15 is 0 Å². The Morgan fingerprint density at radius 2 is 2.03 bits per heavy atom. The first-order valence-electron chi connectivity index (χ1n) is 11.3. The van der Waals surface area contributed by atoms with Gasteiger partial charge in [-0.3, -0.25) is 24.6 Å². The number of carbonyl (C=O) groups excluding carboxylic acids is 4. The lowest BCUT2D eigenvalue weighted by Crippen LogP contribution is -2.52. The first-order chi connectivity index (χ1) is 17.3. The number of benzene rings is 1. The monoisotopic (exact) mass is 491 g/mol. The van der Waals surface area contributed by atoms with Crippen molar-refractivity contribution >= 4 is 40.7 Å². The highest BCUT2D eigenvalue weighted by Gasteiger charge is 2.53. The molecule has 5 amide bonds. The minimum atomic E-state index is -1.68. The maximum Gasteiger partial charge on any atom is 0.322 e. The van der Waals surface area contributed by atoms with Crippen LogP contribution in [0.25, 0.3) is 11.1 Å². The number of rotatable bonds is 5. The Morgan fingerprint density at radius 1 is 1.19 bits per heavy atom. The van der Waals surface area contributed by atoms with E-state index in [1.807, 2.05) is 0 Å². The summed E-state index contributed by atoms with van der Waals surface area (Å²) in [5.41, 5.74) is 0.233. The number of carbonyl (C=O) groups is 4. The molecule has 184 valence electrons. The SMILES string of the molecule is COc1ccc2c(c1)C(=O)N(CC1(c3cc4nc(N5C[C@@H](O)CC5=O)ccc4o3)NC(=O)NC1=O)C2. The van der Waals surface area contributed by atoms with E-state index in [-0.39, 0.29) is 43.6 Å². The van der Waals surface area contributed by atoms with Gasteiger partial charge in [0, 0.05) is 18.2 Å². The van der Waals surface area contributed by atoms with Crippen molar-refractivity contribution in [2.75, 3.05) is 25.1 Å². The molecule has 2 aromatic heterocycles. The number of amides is 5. The predicted octanol–water partition coefficient (Wildman–Crippen LogP) is 0.625. The number of anilines is 1. The summed E-state index contributed by atoms with van der Waals surface area (Å²) >= 11 is 0. The molecule has 6 rings (SSSR count). The lowest BCUT2D eigenvalue weighted by Gasteiger charge is -2.28. The van der Waals surface area contributed by atoms with Crippen molar-refractivity contribution in [2.24, 2.45) is 0 Å². The normalized spacial score (nSPS) is 23.4. The number of hydrogen-bond donors (Lipinski definition) is 3. The van der Waals surface area contributed by atoms with Crippen LogP contribution in [0.5, 0.6) is 5.75 Å². The van der Waals surface area contributed by atoms with Crippen LogP contribution in [0.15, 0.2) is 40.8 Å². The molecule has 1 unspecified atom stereocenters. The number of nitrogens with one attached hydrogen (secondary N) is 2. The minimum Gasteiger partial charge on any atom is -0.497 e. The standard InChI is InChI=1S/C24H21N5O7/c1-35-14-3-2-12-9-28(21(32)15(12)7-14)11-24(22(33)26-23(34)27-24)18-8-16-17(36-18)4-5-19(25-16)29-10-13(30)6-20(29)31/h2-5,7-8,13,30H,6,9-11H2,1H3,(H2,26,27,33,34)/t13-,24?/m0/s1. The highest BCUT2D eigenvalue weighted by Crippen LogP contribution is 2.35.